The van der Waals surface area contributed by atoms with Gasteiger partial charge in [0, 0.05) is 25.1 Å². The van der Waals surface area contributed by atoms with Crippen molar-refractivity contribution in [2.75, 3.05) is 13.2 Å². The van der Waals surface area contributed by atoms with E-state index < -0.39 is 17.5 Å². The van der Waals surface area contributed by atoms with Crippen molar-refractivity contribution in [2.24, 2.45) is 0 Å². The predicted molar refractivity (Wildman–Crippen MR) is 84.5 cm³/mol. The fourth-order valence-electron chi connectivity index (χ4n) is 1.50. The first-order valence-corrected chi connectivity index (χ1v) is 9.15. The number of non-ortho nitro benzene ring substituents is 1. The molecule has 1 rings (SSSR count). The Balaban J connectivity index is 2.66. The van der Waals surface area contributed by atoms with Crippen molar-refractivity contribution >= 4 is 30.1 Å². The van der Waals surface area contributed by atoms with Gasteiger partial charge in [0.05, 0.1) is 11.5 Å². The predicted octanol–water partition coefficient (Wildman–Crippen LogP) is 2.69. The molecule has 0 fully saturated rings. The second-order valence-electron chi connectivity index (χ2n) is 4.16. The fraction of sp³-hybridized carbons (Fsp3) is 0.417. The number of carbonyl (C=O) groups is 1. The summed E-state index contributed by atoms with van der Waals surface area (Å²) in [5.74, 6) is -0.532. The lowest BCUT2D eigenvalue weighted by atomic mass is 10.3. The van der Waals surface area contributed by atoms with E-state index in [0.717, 1.165) is 0 Å². The Hall–Kier alpha value is -1.54. The van der Waals surface area contributed by atoms with Crippen LogP contribution >= 0.6 is 6.64 Å². The average Bonchev–Trinajstić information content (AvgIpc) is 2.44. The van der Waals surface area contributed by atoms with Gasteiger partial charge in [-0.3, -0.25) is 14.9 Å². The van der Waals surface area contributed by atoms with E-state index in [1.165, 1.54) is 24.3 Å². The second kappa shape index (κ2) is 8.79. The smallest absolute Gasteiger partial charge is 0.312 e. The third kappa shape index (κ3) is 6.48. The van der Waals surface area contributed by atoms with Crippen molar-refractivity contribution in [3.63, 3.8) is 0 Å². The number of hydrogen-bond acceptors (Lipinski definition) is 6. The van der Waals surface area contributed by atoms with Gasteiger partial charge in [0.15, 0.2) is 0 Å². The SMILES string of the molecule is CCOP(=S)(NCCCC(=O)O)Oc1ccc([N+](=O)[O-])cc1. The van der Waals surface area contributed by atoms with Crippen LogP contribution in [-0.4, -0.2) is 29.2 Å². The van der Waals surface area contributed by atoms with Crippen LogP contribution in [0.2, 0.25) is 0 Å². The summed E-state index contributed by atoms with van der Waals surface area (Å²) in [6.07, 6.45) is 0.413. The van der Waals surface area contributed by atoms with E-state index >= 15 is 0 Å². The number of aliphatic carboxylic acids is 1. The number of nitro benzene ring substituents is 1. The highest BCUT2D eigenvalue weighted by molar-refractivity contribution is 8.09. The van der Waals surface area contributed by atoms with Crippen molar-refractivity contribution in [3.05, 3.63) is 34.4 Å². The third-order valence-corrected chi connectivity index (χ3v) is 5.03. The number of nitrogens with zero attached hydrogens (tertiary/aromatic N) is 1. The number of rotatable bonds is 10. The van der Waals surface area contributed by atoms with Gasteiger partial charge in [-0.25, -0.2) is 5.09 Å². The highest BCUT2D eigenvalue weighted by atomic mass is 32.5. The summed E-state index contributed by atoms with van der Waals surface area (Å²) >= 11 is 5.32. The van der Waals surface area contributed by atoms with E-state index in [9.17, 15) is 14.9 Å². The van der Waals surface area contributed by atoms with E-state index in [-0.39, 0.29) is 12.1 Å². The highest BCUT2D eigenvalue weighted by Crippen LogP contribution is 2.44. The van der Waals surface area contributed by atoms with Gasteiger partial charge in [-0.2, -0.15) is 0 Å². The molecular formula is C12H17N2O6PS. The van der Waals surface area contributed by atoms with Crippen molar-refractivity contribution < 1.29 is 23.9 Å². The van der Waals surface area contributed by atoms with E-state index in [0.29, 0.717) is 25.3 Å². The first-order valence-electron chi connectivity index (χ1n) is 6.52. The van der Waals surface area contributed by atoms with Crippen LogP contribution < -0.4 is 9.61 Å². The molecule has 0 saturated carbocycles. The number of nitro groups is 1. The molecule has 22 heavy (non-hydrogen) atoms. The topological polar surface area (TPSA) is 111 Å². The summed E-state index contributed by atoms with van der Waals surface area (Å²) in [6.45, 7) is -0.383. The molecule has 1 aromatic carbocycles. The first-order chi connectivity index (χ1) is 10.4. The summed E-state index contributed by atoms with van der Waals surface area (Å²) in [5.41, 5.74) is -0.0496. The van der Waals surface area contributed by atoms with Crippen LogP contribution in [0, 0.1) is 10.1 Å². The van der Waals surface area contributed by atoms with Crippen LogP contribution in [0.25, 0.3) is 0 Å². The van der Waals surface area contributed by atoms with Crippen molar-refractivity contribution in [3.8, 4) is 5.75 Å². The van der Waals surface area contributed by atoms with E-state index in [4.69, 9.17) is 26.0 Å². The minimum absolute atomic E-state index is 0.0198. The number of hydrogen-bond donors (Lipinski definition) is 2. The van der Waals surface area contributed by atoms with Gasteiger partial charge in [-0.1, -0.05) is 0 Å². The molecule has 0 aliphatic rings. The second-order valence-corrected chi connectivity index (χ2v) is 7.36. The zero-order chi connectivity index (χ0) is 16.6. The van der Waals surface area contributed by atoms with Gasteiger partial charge in [-0.15, -0.1) is 0 Å². The molecule has 0 amide bonds. The molecule has 0 spiro atoms. The summed E-state index contributed by atoms with van der Waals surface area (Å²) in [4.78, 5) is 20.6. The number of nitrogens with one attached hydrogen (secondary N) is 1. The van der Waals surface area contributed by atoms with E-state index in [2.05, 4.69) is 5.09 Å². The Morgan fingerprint density at radius 3 is 2.59 bits per heavy atom. The maximum atomic E-state index is 10.6. The average molecular weight is 348 g/mol. The van der Waals surface area contributed by atoms with Crippen LogP contribution in [0.3, 0.4) is 0 Å². The summed E-state index contributed by atoms with van der Waals surface area (Å²) in [6, 6.07) is 5.50. The standard InChI is InChI=1S/C12H17N2O6PS/c1-2-19-21(22,13-9-3-4-12(15)16)20-11-7-5-10(6-8-11)14(17)18/h5-8H,2-4,9H2,1H3,(H,13,22)(H,15,16). The Morgan fingerprint density at radius 1 is 1.45 bits per heavy atom. The minimum Gasteiger partial charge on any atom is -0.481 e. The molecule has 2 N–H and O–H groups in total. The summed E-state index contributed by atoms with van der Waals surface area (Å²) in [7, 11) is 0. The molecule has 0 bridgehead atoms. The molecule has 1 aromatic rings. The lowest BCUT2D eigenvalue weighted by Gasteiger charge is -2.23. The van der Waals surface area contributed by atoms with Crippen LogP contribution in [-0.2, 0) is 21.1 Å². The number of carboxylic acids is 1. The number of carboxylic acid groups (broad SMARTS) is 1. The van der Waals surface area contributed by atoms with Crippen molar-refractivity contribution in [1.82, 2.24) is 5.09 Å². The molecule has 1 unspecified atom stereocenters. The Bertz CT molecular complexity index is 565. The van der Waals surface area contributed by atoms with Gasteiger partial charge in [0.2, 0.25) is 0 Å². The monoisotopic (exact) mass is 348 g/mol. The molecule has 0 aliphatic heterocycles. The molecule has 1 atom stereocenters. The molecule has 0 radical (unpaired) electrons. The highest BCUT2D eigenvalue weighted by Gasteiger charge is 2.20. The minimum atomic E-state index is -2.82. The van der Waals surface area contributed by atoms with Gasteiger partial charge in [0.25, 0.3) is 5.69 Å². The lowest BCUT2D eigenvalue weighted by molar-refractivity contribution is -0.384. The zero-order valence-corrected chi connectivity index (χ0v) is 13.6. The first kappa shape index (κ1) is 18.5. The van der Waals surface area contributed by atoms with E-state index in [1.807, 2.05) is 0 Å². The van der Waals surface area contributed by atoms with Crippen LogP contribution in [0.15, 0.2) is 24.3 Å². The molecule has 0 aliphatic carbocycles. The third-order valence-electron chi connectivity index (χ3n) is 2.45. The Kier molecular flexibility index (Phi) is 7.40. The molecular weight excluding hydrogens is 331 g/mol. The van der Waals surface area contributed by atoms with Gasteiger partial charge in [0.1, 0.15) is 5.75 Å². The zero-order valence-electron chi connectivity index (χ0n) is 11.9. The molecule has 10 heteroatoms. The summed E-state index contributed by atoms with van der Waals surface area (Å²) < 4.78 is 11.0. The largest absolute Gasteiger partial charge is 0.481 e. The van der Waals surface area contributed by atoms with E-state index in [1.54, 1.807) is 6.92 Å². The molecule has 0 heterocycles. The Morgan fingerprint density at radius 2 is 2.09 bits per heavy atom. The van der Waals surface area contributed by atoms with Crippen LogP contribution in [0.4, 0.5) is 5.69 Å². The number of benzene rings is 1. The molecule has 0 saturated heterocycles. The van der Waals surface area contributed by atoms with Crippen LogP contribution in [0.5, 0.6) is 5.75 Å². The maximum Gasteiger partial charge on any atom is 0.312 e. The summed E-state index contributed by atoms with van der Waals surface area (Å²) in [5, 5.41) is 22.1. The fourth-order valence-corrected chi connectivity index (χ4v) is 3.73. The van der Waals surface area contributed by atoms with Gasteiger partial charge >= 0.3 is 12.6 Å². The van der Waals surface area contributed by atoms with Crippen molar-refractivity contribution in [1.29, 1.82) is 0 Å². The molecule has 0 aromatic heterocycles. The van der Waals surface area contributed by atoms with Gasteiger partial charge < -0.3 is 14.2 Å². The quantitative estimate of drug-likeness (QED) is 0.287. The van der Waals surface area contributed by atoms with Crippen LogP contribution in [0.1, 0.15) is 19.8 Å². The lowest BCUT2D eigenvalue weighted by Crippen LogP contribution is -2.18. The normalized spacial score (nSPS) is 13.3. The maximum absolute atomic E-state index is 10.6. The van der Waals surface area contributed by atoms with Gasteiger partial charge in [-0.05, 0) is 37.3 Å². The molecule has 8 nitrogen and oxygen atoms in total. The van der Waals surface area contributed by atoms with Crippen molar-refractivity contribution in [2.45, 2.75) is 19.8 Å². The molecule has 122 valence electrons. The Labute approximate surface area is 132 Å².